The van der Waals surface area contributed by atoms with Crippen LogP contribution >= 0.6 is 47.2 Å². The molecule has 1 aliphatic rings. The van der Waals surface area contributed by atoms with Crippen LogP contribution < -0.4 is 10.0 Å². The Morgan fingerprint density at radius 2 is 1.55 bits per heavy atom. The molecule has 4 nitrogen and oxygen atoms in total. The van der Waals surface area contributed by atoms with Crippen molar-refractivity contribution >= 4 is 68.0 Å². The van der Waals surface area contributed by atoms with E-state index in [0.29, 0.717) is 0 Å². The summed E-state index contributed by atoms with van der Waals surface area (Å²) in [5.74, 6) is 0. The predicted octanol–water partition coefficient (Wildman–Crippen LogP) is 7.16. The molecule has 4 rings (SSSR count). The quantitative estimate of drug-likeness (QED) is 0.322. The maximum absolute atomic E-state index is 13.1. The van der Waals surface area contributed by atoms with Gasteiger partial charge in [-0.3, -0.25) is 0 Å². The minimum atomic E-state index is -3.86. The molecule has 0 saturated heterocycles. The Morgan fingerprint density at radius 3 is 2.30 bits per heavy atom. The first-order valence-electron chi connectivity index (χ1n) is 10.7. The van der Waals surface area contributed by atoms with E-state index < -0.39 is 10.0 Å². The number of hydrogen-bond acceptors (Lipinski definition) is 3. The molecular weight excluding hydrogens is 522 g/mol. The molecule has 9 heteroatoms. The summed E-state index contributed by atoms with van der Waals surface area (Å²) >= 11 is 18.2. The van der Waals surface area contributed by atoms with Crippen LogP contribution in [0.1, 0.15) is 44.2 Å². The summed E-state index contributed by atoms with van der Waals surface area (Å²) in [4.78, 5) is -0.0556. The van der Waals surface area contributed by atoms with E-state index in [1.54, 1.807) is 0 Å². The SMILES string of the molecule is CC(N[C@@H]1CCCC[C@H]1NS(=O)(=O)c1ccc(Cl)c(Cl)c1Cl)c1cccc2ccccc12.Cl. The van der Waals surface area contributed by atoms with Gasteiger partial charge in [0, 0.05) is 18.1 Å². The van der Waals surface area contributed by atoms with Crippen molar-refractivity contribution in [3.63, 3.8) is 0 Å². The van der Waals surface area contributed by atoms with Crippen molar-refractivity contribution in [2.75, 3.05) is 0 Å². The molecule has 3 aromatic carbocycles. The zero-order chi connectivity index (χ0) is 22.9. The standard InChI is InChI=1S/C24H25Cl3N2O2S.ClH/c1-15(17-10-6-8-16-7-2-3-9-18(16)17)28-20-11-4-5-12-21(20)29-32(30,31)22-14-13-19(25)23(26)24(22)27;/h2-3,6-10,13-15,20-21,28-29H,4-5,11-12H2,1H3;1H/t15?,20-,21-;/m1./s1. The van der Waals surface area contributed by atoms with Gasteiger partial charge in [0.05, 0.1) is 15.1 Å². The Labute approximate surface area is 216 Å². The minimum absolute atomic E-state index is 0. The zero-order valence-corrected chi connectivity index (χ0v) is 21.9. The molecule has 0 radical (unpaired) electrons. The number of sulfonamides is 1. The molecule has 1 fully saturated rings. The molecule has 0 aliphatic heterocycles. The molecule has 178 valence electrons. The molecule has 0 bridgehead atoms. The third-order valence-corrected chi connectivity index (χ3v) is 9.05. The normalized spacial score (nSPS) is 19.8. The molecular formula is C24H26Cl4N2O2S. The van der Waals surface area contributed by atoms with Crippen molar-refractivity contribution in [3.05, 3.63) is 75.2 Å². The molecule has 1 saturated carbocycles. The van der Waals surface area contributed by atoms with E-state index in [1.807, 2.05) is 12.1 Å². The van der Waals surface area contributed by atoms with Crippen LogP contribution in [0.5, 0.6) is 0 Å². The van der Waals surface area contributed by atoms with Crippen molar-refractivity contribution in [1.82, 2.24) is 10.0 Å². The van der Waals surface area contributed by atoms with Crippen molar-refractivity contribution in [2.45, 2.75) is 55.6 Å². The first kappa shape index (κ1) is 26.6. The molecule has 1 aliphatic carbocycles. The van der Waals surface area contributed by atoms with Crippen molar-refractivity contribution in [2.24, 2.45) is 0 Å². The molecule has 2 N–H and O–H groups in total. The molecule has 3 aromatic rings. The Morgan fingerprint density at radius 1 is 0.879 bits per heavy atom. The van der Waals surface area contributed by atoms with Gasteiger partial charge >= 0.3 is 0 Å². The van der Waals surface area contributed by atoms with E-state index in [4.69, 9.17) is 34.8 Å². The highest BCUT2D eigenvalue weighted by molar-refractivity contribution is 7.89. The van der Waals surface area contributed by atoms with Gasteiger partial charge in [0.15, 0.2) is 0 Å². The summed E-state index contributed by atoms with van der Waals surface area (Å²) in [5.41, 5.74) is 1.20. The molecule has 0 aromatic heterocycles. The van der Waals surface area contributed by atoms with E-state index in [0.717, 1.165) is 25.7 Å². The largest absolute Gasteiger partial charge is 0.306 e. The molecule has 0 heterocycles. The van der Waals surface area contributed by atoms with Gasteiger partial charge in [-0.1, -0.05) is 90.1 Å². The van der Waals surface area contributed by atoms with E-state index in [2.05, 4.69) is 47.3 Å². The van der Waals surface area contributed by atoms with Crippen LogP contribution in [0.4, 0.5) is 0 Å². The van der Waals surface area contributed by atoms with Gasteiger partial charge in [0.25, 0.3) is 0 Å². The van der Waals surface area contributed by atoms with Crippen LogP contribution in [0.25, 0.3) is 10.8 Å². The van der Waals surface area contributed by atoms with Gasteiger partial charge in [-0.25, -0.2) is 13.1 Å². The molecule has 0 spiro atoms. The van der Waals surface area contributed by atoms with Crippen molar-refractivity contribution in [3.8, 4) is 0 Å². The van der Waals surface area contributed by atoms with Crippen LogP contribution in [0, 0.1) is 0 Å². The van der Waals surface area contributed by atoms with Gasteiger partial charge in [-0.15, -0.1) is 12.4 Å². The lowest BCUT2D eigenvalue weighted by molar-refractivity contribution is 0.291. The van der Waals surface area contributed by atoms with E-state index in [9.17, 15) is 8.42 Å². The van der Waals surface area contributed by atoms with E-state index in [1.165, 1.54) is 28.5 Å². The highest BCUT2D eigenvalue weighted by Crippen LogP contribution is 2.35. The van der Waals surface area contributed by atoms with Crippen LogP contribution in [0.2, 0.25) is 15.1 Å². The van der Waals surface area contributed by atoms with Crippen molar-refractivity contribution < 1.29 is 8.42 Å². The lowest BCUT2D eigenvalue weighted by atomic mass is 9.89. The maximum Gasteiger partial charge on any atom is 0.242 e. The first-order chi connectivity index (χ1) is 15.3. The summed E-state index contributed by atoms with van der Waals surface area (Å²) in [6, 6.07) is 17.2. The predicted molar refractivity (Wildman–Crippen MR) is 141 cm³/mol. The monoisotopic (exact) mass is 546 g/mol. The van der Waals surface area contributed by atoms with Crippen LogP contribution in [0.3, 0.4) is 0 Å². The van der Waals surface area contributed by atoms with E-state index >= 15 is 0 Å². The Kier molecular flexibility index (Phi) is 8.95. The molecule has 3 atom stereocenters. The fraction of sp³-hybridized carbons (Fsp3) is 0.333. The molecule has 0 amide bonds. The number of rotatable bonds is 6. The van der Waals surface area contributed by atoms with Gasteiger partial charge < -0.3 is 5.32 Å². The van der Waals surface area contributed by atoms with Gasteiger partial charge in [0.2, 0.25) is 10.0 Å². The van der Waals surface area contributed by atoms with Crippen LogP contribution in [0.15, 0.2) is 59.5 Å². The lowest BCUT2D eigenvalue weighted by Gasteiger charge is -2.35. The number of hydrogen-bond donors (Lipinski definition) is 2. The second-order valence-electron chi connectivity index (χ2n) is 8.25. The first-order valence-corrected chi connectivity index (χ1v) is 13.3. The maximum atomic E-state index is 13.1. The zero-order valence-electron chi connectivity index (χ0n) is 18.0. The van der Waals surface area contributed by atoms with Gasteiger partial charge in [0.1, 0.15) is 4.90 Å². The third-order valence-electron chi connectivity index (χ3n) is 6.12. The average molecular weight is 548 g/mol. The molecule has 33 heavy (non-hydrogen) atoms. The lowest BCUT2D eigenvalue weighted by Crippen LogP contribution is -2.52. The highest BCUT2D eigenvalue weighted by Gasteiger charge is 2.32. The van der Waals surface area contributed by atoms with Gasteiger partial charge in [-0.05, 0) is 48.2 Å². The number of nitrogens with one attached hydrogen (secondary N) is 2. The fourth-order valence-electron chi connectivity index (χ4n) is 4.49. The summed E-state index contributed by atoms with van der Waals surface area (Å²) in [6.07, 6.45) is 3.64. The number of benzene rings is 3. The highest BCUT2D eigenvalue weighted by atomic mass is 35.5. The summed E-state index contributed by atoms with van der Waals surface area (Å²) in [7, 11) is -3.86. The smallest absolute Gasteiger partial charge is 0.242 e. The number of halogens is 4. The second-order valence-corrected chi connectivity index (χ2v) is 11.1. The summed E-state index contributed by atoms with van der Waals surface area (Å²) < 4.78 is 29.1. The Bertz CT molecular complexity index is 1230. The summed E-state index contributed by atoms with van der Waals surface area (Å²) in [6.45, 7) is 2.12. The molecule has 1 unspecified atom stereocenters. The third kappa shape index (κ3) is 5.79. The Hall–Kier alpha value is -1.05. The average Bonchev–Trinajstić information content (AvgIpc) is 2.78. The van der Waals surface area contributed by atoms with E-state index in [-0.39, 0.29) is 50.5 Å². The second kappa shape index (κ2) is 11.1. The number of fused-ring (bicyclic) bond motifs is 1. The van der Waals surface area contributed by atoms with Gasteiger partial charge in [-0.2, -0.15) is 0 Å². The Balaban J connectivity index is 0.00000306. The van der Waals surface area contributed by atoms with Crippen LogP contribution in [-0.4, -0.2) is 20.5 Å². The topological polar surface area (TPSA) is 58.2 Å². The van der Waals surface area contributed by atoms with Crippen molar-refractivity contribution in [1.29, 1.82) is 0 Å². The fourth-order valence-corrected chi connectivity index (χ4v) is 6.78. The minimum Gasteiger partial charge on any atom is -0.306 e. The van der Waals surface area contributed by atoms with Crippen LogP contribution in [-0.2, 0) is 10.0 Å². The summed E-state index contributed by atoms with van der Waals surface area (Å²) in [5, 5.41) is 6.27.